The van der Waals surface area contributed by atoms with Crippen molar-refractivity contribution in [3.8, 4) is 0 Å². The molecule has 0 spiro atoms. The van der Waals surface area contributed by atoms with Gasteiger partial charge in [0.25, 0.3) is 5.91 Å². The van der Waals surface area contributed by atoms with Crippen LogP contribution in [-0.2, 0) is 6.42 Å². The highest BCUT2D eigenvalue weighted by Gasteiger charge is 2.10. The number of amides is 1. The summed E-state index contributed by atoms with van der Waals surface area (Å²) >= 11 is 6.63. The fourth-order valence-electron chi connectivity index (χ4n) is 1.18. The molecule has 0 aliphatic heterocycles. The first-order valence-electron chi connectivity index (χ1n) is 4.87. The summed E-state index contributed by atoms with van der Waals surface area (Å²) in [7, 11) is 0. The summed E-state index contributed by atoms with van der Waals surface area (Å²) in [4.78, 5) is 15.5. The first-order chi connectivity index (χ1) is 8.25. The number of aryl methyl sites for hydroxylation is 1. The lowest BCUT2D eigenvalue weighted by Crippen LogP contribution is -2.24. The van der Waals surface area contributed by atoms with E-state index in [4.69, 9.17) is 11.6 Å². The Morgan fingerprint density at radius 2 is 2.41 bits per heavy atom. The van der Waals surface area contributed by atoms with E-state index in [-0.39, 0.29) is 15.4 Å². The molecule has 0 fully saturated rings. The predicted molar refractivity (Wildman–Crippen MR) is 62.0 cm³/mol. The highest BCUT2D eigenvalue weighted by Crippen LogP contribution is 2.14. The number of nitrogens with zero attached hydrogens (tertiary/aromatic N) is 4. The quantitative estimate of drug-likeness (QED) is 0.780. The van der Waals surface area contributed by atoms with Crippen LogP contribution in [0.3, 0.4) is 0 Å². The van der Waals surface area contributed by atoms with Crippen LogP contribution in [0.4, 0.5) is 0 Å². The van der Waals surface area contributed by atoms with Gasteiger partial charge in [0.1, 0.15) is 12.2 Å². The molecule has 2 aromatic heterocycles. The Labute approximate surface area is 106 Å². The van der Waals surface area contributed by atoms with Crippen LogP contribution in [0.5, 0.6) is 0 Å². The maximum absolute atomic E-state index is 11.5. The zero-order valence-electron chi connectivity index (χ0n) is 8.68. The van der Waals surface area contributed by atoms with Crippen LogP contribution >= 0.6 is 22.9 Å². The number of halogens is 1. The third kappa shape index (κ3) is 3.46. The number of carbonyl (C=O) groups is 1. The summed E-state index contributed by atoms with van der Waals surface area (Å²) in [6.07, 6.45) is 2.96. The molecule has 2 N–H and O–H groups in total. The van der Waals surface area contributed by atoms with Crippen LogP contribution in [0.1, 0.15) is 22.0 Å². The van der Waals surface area contributed by atoms with Gasteiger partial charge in [-0.05, 0) is 18.0 Å². The number of hydrogen-bond donors (Lipinski definition) is 2. The Morgan fingerprint density at radius 3 is 3.06 bits per heavy atom. The van der Waals surface area contributed by atoms with Crippen LogP contribution in [0.15, 0.2) is 6.33 Å². The number of nitrogens with one attached hydrogen (secondary N) is 2. The van der Waals surface area contributed by atoms with E-state index in [9.17, 15) is 4.79 Å². The Balaban J connectivity index is 1.70. The number of rotatable bonds is 5. The van der Waals surface area contributed by atoms with Crippen molar-refractivity contribution in [1.29, 1.82) is 0 Å². The maximum atomic E-state index is 11.5. The molecule has 0 radical (unpaired) electrons. The predicted octanol–water partition coefficient (Wildman–Crippen LogP) is 0.672. The Kier molecular flexibility index (Phi) is 3.99. The van der Waals surface area contributed by atoms with Crippen molar-refractivity contribution in [3.05, 3.63) is 21.6 Å². The van der Waals surface area contributed by atoms with Gasteiger partial charge in [-0.2, -0.15) is 5.10 Å². The highest BCUT2D eigenvalue weighted by atomic mass is 35.5. The lowest BCUT2D eigenvalue weighted by molar-refractivity contribution is 0.0952. The third-order valence-electron chi connectivity index (χ3n) is 1.94. The van der Waals surface area contributed by atoms with Crippen molar-refractivity contribution < 1.29 is 4.79 Å². The molecule has 0 aliphatic carbocycles. The van der Waals surface area contributed by atoms with Gasteiger partial charge >= 0.3 is 0 Å². The van der Waals surface area contributed by atoms with Gasteiger partial charge in [-0.15, -0.1) is 10.2 Å². The molecular weight excluding hydrogens is 264 g/mol. The largest absolute Gasteiger partial charge is 0.350 e. The number of hydrogen-bond acceptors (Lipinski definition) is 6. The molecule has 0 unspecified atom stereocenters. The maximum Gasteiger partial charge on any atom is 0.282 e. The topological polar surface area (TPSA) is 96.5 Å². The Morgan fingerprint density at radius 1 is 1.53 bits per heavy atom. The summed E-state index contributed by atoms with van der Waals surface area (Å²) in [5.74, 6) is 0.546. The second-order valence-corrected chi connectivity index (χ2v) is 4.71. The first-order valence-corrected chi connectivity index (χ1v) is 6.06. The molecule has 7 nitrogen and oxygen atoms in total. The summed E-state index contributed by atoms with van der Waals surface area (Å²) in [5.41, 5.74) is 0. The number of carbonyl (C=O) groups excluding carboxylic acids is 1. The minimum absolute atomic E-state index is 0.257. The zero-order chi connectivity index (χ0) is 12.1. The molecule has 0 saturated carbocycles. The molecule has 0 aromatic carbocycles. The van der Waals surface area contributed by atoms with Crippen LogP contribution in [0.25, 0.3) is 0 Å². The van der Waals surface area contributed by atoms with Gasteiger partial charge in [0.2, 0.25) is 9.47 Å². The molecule has 2 heterocycles. The molecule has 9 heteroatoms. The van der Waals surface area contributed by atoms with E-state index < -0.39 is 0 Å². The standard InChI is InChI=1S/C8H9ClN6OS/c9-8-15-14-7(17-8)6(16)10-3-1-2-5-11-4-12-13-5/h4H,1-3H2,(H,10,16)(H,11,12,13). The van der Waals surface area contributed by atoms with E-state index in [0.717, 1.165) is 30.0 Å². The fraction of sp³-hybridized carbons (Fsp3) is 0.375. The SMILES string of the molecule is O=C(NCCCc1ncn[nH]1)c1nnc(Cl)s1. The number of H-pyrrole nitrogens is 1. The molecule has 2 aromatic rings. The van der Waals surface area contributed by atoms with Crippen LogP contribution in [-0.4, -0.2) is 37.8 Å². The molecule has 2 rings (SSSR count). The third-order valence-corrected chi connectivity index (χ3v) is 2.95. The van der Waals surface area contributed by atoms with Gasteiger partial charge in [-0.25, -0.2) is 4.98 Å². The van der Waals surface area contributed by atoms with E-state index >= 15 is 0 Å². The highest BCUT2D eigenvalue weighted by molar-refractivity contribution is 7.17. The van der Waals surface area contributed by atoms with E-state index in [1.807, 2.05) is 0 Å². The van der Waals surface area contributed by atoms with Crippen LogP contribution < -0.4 is 5.32 Å². The Bertz CT molecular complexity index is 484. The number of aromatic amines is 1. The van der Waals surface area contributed by atoms with Crippen molar-refractivity contribution >= 4 is 28.8 Å². The van der Waals surface area contributed by atoms with E-state index in [1.54, 1.807) is 0 Å². The lowest BCUT2D eigenvalue weighted by atomic mass is 10.3. The van der Waals surface area contributed by atoms with E-state index in [1.165, 1.54) is 6.33 Å². The summed E-state index contributed by atoms with van der Waals surface area (Å²) in [6.45, 7) is 0.538. The molecule has 1 amide bonds. The molecule has 0 aliphatic rings. The molecule has 0 saturated heterocycles. The van der Waals surface area contributed by atoms with Crippen molar-refractivity contribution in [2.24, 2.45) is 0 Å². The van der Waals surface area contributed by atoms with Gasteiger partial charge in [-0.1, -0.05) is 11.3 Å². The monoisotopic (exact) mass is 272 g/mol. The number of aromatic nitrogens is 5. The van der Waals surface area contributed by atoms with Gasteiger partial charge < -0.3 is 5.32 Å². The smallest absolute Gasteiger partial charge is 0.282 e. The normalized spacial score (nSPS) is 10.4. The van der Waals surface area contributed by atoms with Crippen LogP contribution in [0.2, 0.25) is 4.47 Å². The summed E-state index contributed by atoms with van der Waals surface area (Å²) in [5, 5.41) is 16.7. The van der Waals surface area contributed by atoms with Crippen LogP contribution in [0, 0.1) is 0 Å². The van der Waals surface area contributed by atoms with Crippen molar-refractivity contribution in [3.63, 3.8) is 0 Å². The fourth-order valence-corrected chi connectivity index (χ4v) is 1.93. The second-order valence-electron chi connectivity index (χ2n) is 3.15. The van der Waals surface area contributed by atoms with E-state index in [2.05, 4.69) is 30.7 Å². The summed E-state index contributed by atoms with van der Waals surface area (Å²) in [6, 6.07) is 0. The molecular formula is C8H9ClN6OS. The zero-order valence-corrected chi connectivity index (χ0v) is 10.3. The molecule has 0 bridgehead atoms. The minimum atomic E-state index is -0.257. The van der Waals surface area contributed by atoms with Gasteiger partial charge in [-0.3, -0.25) is 9.89 Å². The first kappa shape index (κ1) is 11.9. The average Bonchev–Trinajstić information content (AvgIpc) is 2.95. The van der Waals surface area contributed by atoms with Gasteiger partial charge in [0.05, 0.1) is 0 Å². The lowest BCUT2D eigenvalue weighted by Gasteiger charge is -2.00. The average molecular weight is 273 g/mol. The molecule has 17 heavy (non-hydrogen) atoms. The minimum Gasteiger partial charge on any atom is -0.350 e. The molecule has 90 valence electrons. The van der Waals surface area contributed by atoms with E-state index in [0.29, 0.717) is 6.54 Å². The van der Waals surface area contributed by atoms with Crippen molar-refractivity contribution in [1.82, 2.24) is 30.7 Å². The van der Waals surface area contributed by atoms with Gasteiger partial charge in [0.15, 0.2) is 0 Å². The van der Waals surface area contributed by atoms with Gasteiger partial charge in [0, 0.05) is 13.0 Å². The van der Waals surface area contributed by atoms with Crippen molar-refractivity contribution in [2.45, 2.75) is 12.8 Å². The summed E-state index contributed by atoms with van der Waals surface area (Å²) < 4.78 is 0.261. The Hall–Kier alpha value is -1.54. The van der Waals surface area contributed by atoms with Crippen molar-refractivity contribution in [2.75, 3.05) is 6.54 Å². The molecule has 0 atom stereocenters. The second kappa shape index (κ2) is 5.69.